The van der Waals surface area contributed by atoms with Gasteiger partial charge in [0.25, 0.3) is 0 Å². The summed E-state index contributed by atoms with van der Waals surface area (Å²) < 4.78 is 46.7. The third-order valence-corrected chi connectivity index (χ3v) is 9.68. The fraction of sp³-hybridized carbons (Fsp3) is 0.487. The zero-order valence-corrected chi connectivity index (χ0v) is 35.2. The Morgan fingerprint density at radius 3 is 2.36 bits per heavy atom. The van der Waals surface area contributed by atoms with Gasteiger partial charge in [-0.2, -0.15) is 10.4 Å². The van der Waals surface area contributed by atoms with Gasteiger partial charge in [-0.15, -0.1) is 0 Å². The van der Waals surface area contributed by atoms with Crippen LogP contribution in [0.5, 0.6) is 0 Å². The Bertz CT molecular complexity index is 2250. The number of esters is 2. The minimum absolute atomic E-state index is 0.0154. The molecule has 4 aromatic rings. The van der Waals surface area contributed by atoms with Gasteiger partial charge in [-0.3, -0.25) is 10.1 Å². The molecule has 316 valence electrons. The lowest BCUT2D eigenvalue weighted by molar-refractivity contribution is -0.162. The minimum Gasteiger partial charge on any atom is -0.463 e. The predicted molar refractivity (Wildman–Crippen MR) is 208 cm³/mol. The Morgan fingerprint density at radius 2 is 1.75 bits per heavy atom. The van der Waals surface area contributed by atoms with Gasteiger partial charge in [0.05, 0.1) is 12.1 Å². The minimum atomic E-state index is -2.67. The highest BCUT2D eigenvalue weighted by Gasteiger charge is 2.62. The fourth-order valence-electron chi connectivity index (χ4n) is 6.16. The number of hydrogen-bond donors (Lipinski definition) is 2. The molecule has 0 bridgehead atoms. The Labute approximate surface area is 340 Å². The summed E-state index contributed by atoms with van der Waals surface area (Å²) >= 11 is 0. The van der Waals surface area contributed by atoms with E-state index >= 15 is 0 Å². The number of nitriles is 1. The summed E-state index contributed by atoms with van der Waals surface area (Å²) in [7, 11) is -2.67. The quantitative estimate of drug-likeness (QED) is 0.0972. The van der Waals surface area contributed by atoms with Crippen LogP contribution in [0.4, 0.5) is 15.4 Å². The van der Waals surface area contributed by atoms with Gasteiger partial charge < -0.3 is 42.3 Å². The number of alkyl carbamates (subject to hydrolysis) is 1. The standard InChI is InChI=1S/C39H48N6O13Si/c1-22(2)30(43-36(49)57-38(4,5)6)34(47)55-31-27(19-51-29(46)17-24-13-11-10-12-14-24)56-39(20-40,32(31)58-59(7,8)9)28-16-15-25-33(41-21-42-45(25)28)44-35(48)52-18-26-23(3)53-37(50)54-26/h10-16,21-22,27,30-32H,17-19H2,1-9H3,(H,43,49)(H,41,42,44,48)/t27-,30+,31-,32?,39+/m1/s1. The van der Waals surface area contributed by atoms with Crippen LogP contribution in [0.25, 0.3) is 5.52 Å². The van der Waals surface area contributed by atoms with Gasteiger partial charge in [0.15, 0.2) is 38.4 Å². The van der Waals surface area contributed by atoms with Crippen molar-refractivity contribution in [1.82, 2.24) is 19.9 Å². The molecular weight excluding hydrogens is 789 g/mol. The van der Waals surface area contributed by atoms with E-state index in [1.54, 1.807) is 58.9 Å². The average Bonchev–Trinajstić information content (AvgIpc) is 3.81. The summed E-state index contributed by atoms with van der Waals surface area (Å²) in [6.45, 7) is 14.6. The highest BCUT2D eigenvalue weighted by molar-refractivity contribution is 6.69. The molecule has 1 fully saturated rings. The molecule has 1 unspecified atom stereocenters. The van der Waals surface area contributed by atoms with Crippen LogP contribution >= 0.6 is 0 Å². The van der Waals surface area contributed by atoms with Gasteiger partial charge in [-0.05, 0) is 71.0 Å². The average molecular weight is 837 g/mol. The number of amides is 2. The molecule has 19 nitrogen and oxygen atoms in total. The first kappa shape index (κ1) is 44.1. The first-order valence-corrected chi connectivity index (χ1v) is 22.1. The summed E-state index contributed by atoms with van der Waals surface area (Å²) in [5.74, 6) is -2.79. The number of ether oxygens (including phenoxy) is 5. The van der Waals surface area contributed by atoms with Crippen LogP contribution in [-0.2, 0) is 56.3 Å². The van der Waals surface area contributed by atoms with Gasteiger partial charge in [0, 0.05) is 0 Å². The molecule has 0 radical (unpaired) electrons. The van der Waals surface area contributed by atoms with Gasteiger partial charge >= 0.3 is 29.9 Å². The SMILES string of the molecule is Cc1oc(=O)oc1COC(=O)Nc1ncnn2c([C@]3(C#N)O[C@H](COC(=O)Cc4ccccc4)[C@@H](OC(=O)[C@@H](NC(=O)OC(C)(C)C)C(C)C)C3O[Si](C)(C)C)ccc12. The number of aromatic nitrogens is 3. The van der Waals surface area contributed by atoms with E-state index in [9.17, 15) is 29.2 Å². The number of fused-ring (bicyclic) bond motifs is 1. The molecule has 1 aromatic carbocycles. The molecule has 1 aliphatic heterocycles. The number of nitrogens with zero attached hydrogens (tertiary/aromatic N) is 4. The number of nitrogens with one attached hydrogen (secondary N) is 2. The molecule has 4 heterocycles. The third-order valence-electron chi connectivity index (χ3n) is 8.72. The Balaban J connectivity index is 1.51. The monoisotopic (exact) mass is 836 g/mol. The molecule has 0 saturated carbocycles. The van der Waals surface area contributed by atoms with E-state index in [4.69, 9.17) is 36.9 Å². The normalized spacial score (nSPS) is 19.8. The second-order valence-corrected chi connectivity index (χ2v) is 20.5. The smallest absolute Gasteiger partial charge is 0.463 e. The van der Waals surface area contributed by atoms with E-state index in [-0.39, 0.29) is 35.0 Å². The zero-order valence-electron chi connectivity index (χ0n) is 34.2. The van der Waals surface area contributed by atoms with Crippen LogP contribution in [0.3, 0.4) is 0 Å². The van der Waals surface area contributed by atoms with Crippen LogP contribution in [0, 0.1) is 24.2 Å². The number of carbonyl (C=O) groups is 4. The molecule has 3 aromatic heterocycles. The fourth-order valence-corrected chi connectivity index (χ4v) is 7.22. The van der Waals surface area contributed by atoms with Crippen molar-refractivity contribution in [1.29, 1.82) is 5.26 Å². The zero-order chi connectivity index (χ0) is 43.3. The van der Waals surface area contributed by atoms with Crippen molar-refractivity contribution in [3.8, 4) is 6.07 Å². The molecule has 1 aliphatic rings. The Kier molecular flexibility index (Phi) is 13.3. The highest BCUT2D eigenvalue weighted by Crippen LogP contribution is 2.45. The first-order chi connectivity index (χ1) is 27.7. The van der Waals surface area contributed by atoms with Crippen molar-refractivity contribution >= 4 is 43.8 Å². The molecule has 5 atom stereocenters. The van der Waals surface area contributed by atoms with Gasteiger partial charge in [0.2, 0.25) is 5.60 Å². The van der Waals surface area contributed by atoms with E-state index in [1.807, 2.05) is 25.7 Å². The van der Waals surface area contributed by atoms with Crippen molar-refractivity contribution in [2.24, 2.45) is 5.92 Å². The number of anilines is 1. The van der Waals surface area contributed by atoms with Crippen molar-refractivity contribution in [3.05, 3.63) is 82.2 Å². The number of rotatable bonds is 14. The van der Waals surface area contributed by atoms with Crippen molar-refractivity contribution in [2.75, 3.05) is 11.9 Å². The number of benzene rings is 1. The van der Waals surface area contributed by atoms with Crippen LogP contribution < -0.4 is 16.5 Å². The summed E-state index contributed by atoms with van der Waals surface area (Å²) in [6.07, 6.45) is -4.77. The summed E-state index contributed by atoms with van der Waals surface area (Å²) in [6, 6.07) is 13.0. The second-order valence-electron chi connectivity index (χ2n) is 16.0. The third kappa shape index (κ3) is 10.9. The van der Waals surface area contributed by atoms with E-state index in [0.29, 0.717) is 5.56 Å². The predicted octanol–water partition coefficient (Wildman–Crippen LogP) is 4.92. The molecular formula is C39H48N6O13Si. The molecule has 5 rings (SSSR count). The largest absolute Gasteiger partial charge is 0.519 e. The number of hydrogen-bond acceptors (Lipinski definition) is 16. The maximum atomic E-state index is 14.1. The molecule has 0 aliphatic carbocycles. The topological polar surface area (TPSA) is 245 Å². The Hall–Kier alpha value is -6.04. The lowest BCUT2D eigenvalue weighted by Crippen LogP contribution is -2.53. The molecule has 2 amide bonds. The molecule has 20 heteroatoms. The lowest BCUT2D eigenvalue weighted by Gasteiger charge is -2.34. The lowest BCUT2D eigenvalue weighted by atomic mass is 9.92. The summed E-state index contributed by atoms with van der Waals surface area (Å²) in [5, 5.41) is 20.6. The van der Waals surface area contributed by atoms with Crippen LogP contribution in [0.2, 0.25) is 19.6 Å². The second kappa shape index (κ2) is 17.8. The van der Waals surface area contributed by atoms with Gasteiger partial charge in [0.1, 0.15) is 48.4 Å². The summed E-state index contributed by atoms with van der Waals surface area (Å²) in [4.78, 5) is 68.5. The Morgan fingerprint density at radius 1 is 1.03 bits per heavy atom. The number of carbonyl (C=O) groups excluding carboxylic acids is 4. The molecule has 59 heavy (non-hydrogen) atoms. The number of aryl methyl sites for hydroxylation is 1. The van der Waals surface area contributed by atoms with Crippen molar-refractivity contribution in [2.45, 2.75) is 110 Å². The van der Waals surface area contributed by atoms with E-state index in [2.05, 4.69) is 26.8 Å². The van der Waals surface area contributed by atoms with Gasteiger partial charge in [-0.25, -0.2) is 28.7 Å². The van der Waals surface area contributed by atoms with Crippen LogP contribution in [0.1, 0.15) is 57.4 Å². The molecule has 0 spiro atoms. The van der Waals surface area contributed by atoms with Crippen LogP contribution in [-0.4, -0.2) is 83.6 Å². The molecule has 1 saturated heterocycles. The van der Waals surface area contributed by atoms with Crippen molar-refractivity contribution in [3.63, 3.8) is 0 Å². The molecule has 2 N–H and O–H groups in total. The highest BCUT2D eigenvalue weighted by atomic mass is 28.4. The maximum Gasteiger partial charge on any atom is 0.519 e. The van der Waals surface area contributed by atoms with Gasteiger partial charge in [-0.1, -0.05) is 44.2 Å². The summed E-state index contributed by atoms with van der Waals surface area (Å²) in [5.41, 5.74) is -1.95. The first-order valence-electron chi connectivity index (χ1n) is 18.7. The van der Waals surface area contributed by atoms with E-state index in [1.165, 1.54) is 23.6 Å². The van der Waals surface area contributed by atoms with Crippen LogP contribution in [0.15, 0.2) is 62.4 Å². The maximum absolute atomic E-state index is 14.1. The van der Waals surface area contributed by atoms with E-state index in [0.717, 1.165) is 6.33 Å². The van der Waals surface area contributed by atoms with E-state index < -0.39 is 93.0 Å². The van der Waals surface area contributed by atoms with Crippen molar-refractivity contribution < 1.29 is 56.1 Å².